The van der Waals surface area contributed by atoms with Crippen LogP contribution < -0.4 is 10.6 Å². The van der Waals surface area contributed by atoms with Gasteiger partial charge in [-0.3, -0.25) is 4.98 Å². The Hall–Kier alpha value is -1.32. The average Bonchev–Trinajstić information content (AvgIpc) is 2.36. The maximum atomic E-state index is 4.52. The first-order valence-corrected chi connectivity index (χ1v) is 7.34. The van der Waals surface area contributed by atoms with Crippen molar-refractivity contribution in [2.24, 2.45) is 17.8 Å². The van der Waals surface area contributed by atoms with Crippen LogP contribution >= 0.6 is 0 Å². The van der Waals surface area contributed by atoms with Crippen LogP contribution in [-0.4, -0.2) is 23.1 Å². The van der Waals surface area contributed by atoms with Crippen LogP contribution in [0.2, 0.25) is 0 Å². The van der Waals surface area contributed by atoms with E-state index in [9.17, 15) is 0 Å². The first-order chi connectivity index (χ1) is 9.04. The van der Waals surface area contributed by atoms with Crippen LogP contribution in [0.4, 0.5) is 11.6 Å². The van der Waals surface area contributed by atoms with E-state index in [0.717, 1.165) is 31.1 Å². The lowest BCUT2D eigenvalue weighted by atomic mass is 9.85. The fraction of sp³-hybridized carbons (Fsp3) is 0.733. The van der Waals surface area contributed by atoms with Crippen LogP contribution in [0.1, 0.15) is 41.0 Å². The maximum absolute atomic E-state index is 4.52. The molecule has 4 nitrogen and oxygen atoms in total. The van der Waals surface area contributed by atoms with Gasteiger partial charge in [0, 0.05) is 13.1 Å². The van der Waals surface area contributed by atoms with Crippen LogP contribution in [0, 0.1) is 17.8 Å². The minimum Gasteiger partial charge on any atom is -0.369 e. The summed E-state index contributed by atoms with van der Waals surface area (Å²) in [5.41, 5.74) is 0. The van der Waals surface area contributed by atoms with E-state index in [1.807, 2.05) is 0 Å². The second-order valence-corrected chi connectivity index (χ2v) is 5.75. The minimum absolute atomic E-state index is 0.647. The Balaban J connectivity index is 2.56. The molecular formula is C15H28N4. The first kappa shape index (κ1) is 15.7. The maximum Gasteiger partial charge on any atom is 0.146 e. The van der Waals surface area contributed by atoms with Crippen molar-refractivity contribution in [2.45, 2.75) is 41.0 Å². The Morgan fingerprint density at radius 1 is 1.00 bits per heavy atom. The van der Waals surface area contributed by atoms with Crippen molar-refractivity contribution in [2.75, 3.05) is 23.7 Å². The SMILES string of the molecule is CCCNc1cncc(NCC(C(C)C)C(C)C)n1. The third-order valence-electron chi connectivity index (χ3n) is 3.42. The second-order valence-electron chi connectivity index (χ2n) is 5.75. The van der Waals surface area contributed by atoms with Gasteiger partial charge in [-0.2, -0.15) is 0 Å². The van der Waals surface area contributed by atoms with Gasteiger partial charge in [0.2, 0.25) is 0 Å². The van der Waals surface area contributed by atoms with Gasteiger partial charge in [-0.15, -0.1) is 0 Å². The van der Waals surface area contributed by atoms with Crippen molar-refractivity contribution in [3.63, 3.8) is 0 Å². The van der Waals surface area contributed by atoms with E-state index in [-0.39, 0.29) is 0 Å². The quantitative estimate of drug-likeness (QED) is 0.752. The average molecular weight is 264 g/mol. The van der Waals surface area contributed by atoms with Crippen molar-refractivity contribution >= 4 is 11.6 Å². The molecule has 0 radical (unpaired) electrons. The Bertz CT molecular complexity index is 355. The fourth-order valence-corrected chi connectivity index (χ4v) is 2.25. The molecule has 0 aliphatic heterocycles. The highest BCUT2D eigenvalue weighted by atomic mass is 15.1. The minimum atomic E-state index is 0.647. The largest absolute Gasteiger partial charge is 0.369 e. The van der Waals surface area contributed by atoms with E-state index in [0.29, 0.717) is 17.8 Å². The molecule has 0 atom stereocenters. The molecular weight excluding hydrogens is 236 g/mol. The van der Waals surface area contributed by atoms with Gasteiger partial charge in [0.15, 0.2) is 0 Å². The van der Waals surface area contributed by atoms with Crippen LogP contribution in [-0.2, 0) is 0 Å². The topological polar surface area (TPSA) is 49.8 Å². The van der Waals surface area contributed by atoms with Crippen molar-refractivity contribution in [3.05, 3.63) is 12.4 Å². The van der Waals surface area contributed by atoms with Gasteiger partial charge in [-0.05, 0) is 24.2 Å². The molecule has 0 unspecified atom stereocenters. The summed E-state index contributed by atoms with van der Waals surface area (Å²) in [4.78, 5) is 8.73. The van der Waals surface area contributed by atoms with Crippen LogP contribution in [0.5, 0.6) is 0 Å². The lowest BCUT2D eigenvalue weighted by Crippen LogP contribution is -2.25. The van der Waals surface area contributed by atoms with Crippen molar-refractivity contribution in [3.8, 4) is 0 Å². The number of nitrogens with zero attached hydrogens (tertiary/aromatic N) is 2. The summed E-state index contributed by atoms with van der Waals surface area (Å²) in [5.74, 6) is 3.68. The zero-order valence-electron chi connectivity index (χ0n) is 12.9. The summed E-state index contributed by atoms with van der Waals surface area (Å²) in [7, 11) is 0. The highest BCUT2D eigenvalue weighted by Crippen LogP contribution is 2.21. The lowest BCUT2D eigenvalue weighted by molar-refractivity contribution is 0.304. The van der Waals surface area contributed by atoms with E-state index in [4.69, 9.17) is 0 Å². The Labute approximate surface area is 117 Å². The smallest absolute Gasteiger partial charge is 0.146 e. The molecule has 1 rings (SSSR count). The molecule has 1 heterocycles. The number of hydrogen-bond acceptors (Lipinski definition) is 4. The lowest BCUT2D eigenvalue weighted by Gasteiger charge is -2.25. The van der Waals surface area contributed by atoms with Crippen LogP contribution in [0.3, 0.4) is 0 Å². The summed E-state index contributed by atoms with van der Waals surface area (Å²) in [5, 5.41) is 6.66. The molecule has 1 aromatic heterocycles. The number of nitrogens with one attached hydrogen (secondary N) is 2. The van der Waals surface area contributed by atoms with E-state index in [2.05, 4.69) is 55.2 Å². The van der Waals surface area contributed by atoms with E-state index in [1.165, 1.54) is 0 Å². The molecule has 2 N–H and O–H groups in total. The molecule has 0 saturated carbocycles. The monoisotopic (exact) mass is 264 g/mol. The van der Waals surface area contributed by atoms with E-state index >= 15 is 0 Å². The number of hydrogen-bond donors (Lipinski definition) is 2. The summed E-state index contributed by atoms with van der Waals surface area (Å²) in [6, 6.07) is 0. The van der Waals surface area contributed by atoms with Gasteiger partial charge >= 0.3 is 0 Å². The predicted octanol–water partition coefficient (Wildman–Crippen LogP) is 3.64. The molecule has 1 aromatic rings. The molecule has 0 amide bonds. The standard InChI is InChI=1S/C15H28N4/c1-6-7-17-14-9-16-10-15(19-14)18-8-13(11(2)3)12(4)5/h9-13H,6-8H2,1-5H3,(H2,17,18,19). The molecule has 108 valence electrons. The zero-order valence-corrected chi connectivity index (χ0v) is 12.9. The Morgan fingerprint density at radius 2 is 1.58 bits per heavy atom. The summed E-state index contributed by atoms with van der Waals surface area (Å²) < 4.78 is 0. The van der Waals surface area contributed by atoms with Crippen LogP contribution in [0.25, 0.3) is 0 Å². The molecule has 0 bridgehead atoms. The highest BCUT2D eigenvalue weighted by Gasteiger charge is 2.17. The molecule has 0 fully saturated rings. The first-order valence-electron chi connectivity index (χ1n) is 7.34. The van der Waals surface area contributed by atoms with E-state index < -0.39 is 0 Å². The molecule has 0 spiro atoms. The molecule has 0 aliphatic rings. The summed E-state index contributed by atoms with van der Waals surface area (Å²) in [6.45, 7) is 13.1. The predicted molar refractivity (Wildman–Crippen MR) is 82.5 cm³/mol. The molecule has 19 heavy (non-hydrogen) atoms. The molecule has 0 aliphatic carbocycles. The van der Waals surface area contributed by atoms with Crippen molar-refractivity contribution < 1.29 is 0 Å². The zero-order chi connectivity index (χ0) is 14.3. The molecule has 0 aromatic carbocycles. The van der Waals surface area contributed by atoms with E-state index in [1.54, 1.807) is 12.4 Å². The number of aromatic nitrogens is 2. The van der Waals surface area contributed by atoms with Crippen molar-refractivity contribution in [1.82, 2.24) is 9.97 Å². The Kier molecular flexibility index (Phi) is 6.60. The third-order valence-corrected chi connectivity index (χ3v) is 3.42. The number of rotatable bonds is 8. The van der Waals surface area contributed by atoms with Gasteiger partial charge in [0.25, 0.3) is 0 Å². The molecule has 0 saturated heterocycles. The fourth-order valence-electron chi connectivity index (χ4n) is 2.25. The molecule has 4 heteroatoms. The summed E-state index contributed by atoms with van der Waals surface area (Å²) >= 11 is 0. The van der Waals surface area contributed by atoms with Gasteiger partial charge in [0.1, 0.15) is 11.6 Å². The normalized spacial score (nSPS) is 11.4. The van der Waals surface area contributed by atoms with Gasteiger partial charge in [0.05, 0.1) is 12.4 Å². The van der Waals surface area contributed by atoms with Crippen molar-refractivity contribution in [1.29, 1.82) is 0 Å². The second kappa shape index (κ2) is 7.97. The highest BCUT2D eigenvalue weighted by molar-refractivity contribution is 5.41. The summed E-state index contributed by atoms with van der Waals surface area (Å²) in [6.07, 6.45) is 4.64. The van der Waals surface area contributed by atoms with Gasteiger partial charge < -0.3 is 10.6 Å². The number of anilines is 2. The van der Waals surface area contributed by atoms with Gasteiger partial charge in [-0.25, -0.2) is 4.98 Å². The Morgan fingerprint density at radius 3 is 2.11 bits per heavy atom. The van der Waals surface area contributed by atoms with Gasteiger partial charge in [-0.1, -0.05) is 34.6 Å². The third kappa shape index (κ3) is 5.45. The van der Waals surface area contributed by atoms with Crippen LogP contribution in [0.15, 0.2) is 12.4 Å².